The first-order valence-electron chi connectivity index (χ1n) is 6.99. The molecule has 3 heteroatoms. The van der Waals surface area contributed by atoms with E-state index in [9.17, 15) is 0 Å². The van der Waals surface area contributed by atoms with Crippen molar-refractivity contribution in [1.29, 1.82) is 0 Å². The second-order valence-corrected chi connectivity index (χ2v) is 4.42. The first-order chi connectivity index (χ1) is 9.88. The van der Waals surface area contributed by atoms with Gasteiger partial charge in [0, 0.05) is 13.1 Å². The van der Waals surface area contributed by atoms with Gasteiger partial charge in [-0.2, -0.15) is 0 Å². The number of rotatable bonds is 8. The molecular weight excluding hydrogens is 250 g/mol. The second kappa shape index (κ2) is 8.23. The largest absolute Gasteiger partial charge is 0.494 e. The Morgan fingerprint density at radius 1 is 0.900 bits per heavy atom. The lowest BCUT2D eigenvalue weighted by atomic mass is 10.2. The highest BCUT2D eigenvalue weighted by Gasteiger charge is 1.97. The predicted octanol–water partition coefficient (Wildman–Crippen LogP) is 3.25. The molecule has 0 heterocycles. The summed E-state index contributed by atoms with van der Waals surface area (Å²) in [6, 6.07) is 18.0. The maximum absolute atomic E-state index is 5.62. The molecule has 0 atom stereocenters. The van der Waals surface area contributed by atoms with E-state index in [4.69, 9.17) is 9.47 Å². The van der Waals surface area contributed by atoms with Crippen LogP contribution in [0.5, 0.6) is 11.5 Å². The minimum absolute atomic E-state index is 0.662. The zero-order chi connectivity index (χ0) is 14.0. The Labute approximate surface area is 120 Å². The zero-order valence-electron chi connectivity index (χ0n) is 11.8. The maximum Gasteiger partial charge on any atom is 0.119 e. The summed E-state index contributed by atoms with van der Waals surface area (Å²) >= 11 is 0. The highest BCUT2D eigenvalue weighted by Crippen LogP contribution is 2.13. The van der Waals surface area contributed by atoms with Gasteiger partial charge < -0.3 is 14.8 Å². The van der Waals surface area contributed by atoms with Crippen LogP contribution in [0.1, 0.15) is 12.5 Å². The van der Waals surface area contributed by atoms with E-state index < -0.39 is 0 Å². The van der Waals surface area contributed by atoms with E-state index in [1.54, 1.807) is 0 Å². The van der Waals surface area contributed by atoms with Crippen molar-refractivity contribution in [3.05, 3.63) is 60.2 Å². The first-order valence-corrected chi connectivity index (χ1v) is 6.99. The van der Waals surface area contributed by atoms with Crippen LogP contribution in [-0.4, -0.2) is 19.8 Å². The third-order valence-electron chi connectivity index (χ3n) is 2.83. The summed E-state index contributed by atoms with van der Waals surface area (Å²) in [5, 5.41) is 3.36. The molecule has 2 rings (SSSR count). The van der Waals surface area contributed by atoms with Crippen LogP contribution in [0, 0.1) is 0 Å². The minimum Gasteiger partial charge on any atom is -0.494 e. The number of para-hydroxylation sites is 1. The number of ether oxygens (including phenoxy) is 2. The van der Waals surface area contributed by atoms with Crippen molar-refractivity contribution >= 4 is 0 Å². The van der Waals surface area contributed by atoms with Crippen LogP contribution < -0.4 is 14.8 Å². The fraction of sp³-hybridized carbons (Fsp3) is 0.294. The minimum atomic E-state index is 0.662. The monoisotopic (exact) mass is 271 g/mol. The van der Waals surface area contributed by atoms with Crippen molar-refractivity contribution in [2.45, 2.75) is 13.5 Å². The van der Waals surface area contributed by atoms with Crippen molar-refractivity contribution in [2.24, 2.45) is 0 Å². The quantitative estimate of drug-likeness (QED) is 0.748. The molecule has 3 nitrogen and oxygen atoms in total. The van der Waals surface area contributed by atoms with Gasteiger partial charge in [0.1, 0.15) is 18.1 Å². The summed E-state index contributed by atoms with van der Waals surface area (Å²) in [6.45, 7) is 4.98. The number of benzene rings is 2. The average molecular weight is 271 g/mol. The zero-order valence-corrected chi connectivity index (χ0v) is 11.8. The van der Waals surface area contributed by atoms with Gasteiger partial charge in [0.25, 0.3) is 0 Å². The Morgan fingerprint density at radius 3 is 2.50 bits per heavy atom. The molecule has 0 amide bonds. The Hall–Kier alpha value is -2.00. The normalized spacial score (nSPS) is 10.2. The molecule has 0 saturated carbocycles. The molecular formula is C17H21NO2. The molecule has 20 heavy (non-hydrogen) atoms. The molecule has 106 valence electrons. The predicted molar refractivity (Wildman–Crippen MR) is 81.3 cm³/mol. The summed E-state index contributed by atoms with van der Waals surface area (Å²) in [6.07, 6.45) is 0. The molecule has 0 fully saturated rings. The van der Waals surface area contributed by atoms with Gasteiger partial charge in [-0.1, -0.05) is 30.3 Å². The summed E-state index contributed by atoms with van der Waals surface area (Å²) in [7, 11) is 0. The molecule has 0 aliphatic heterocycles. The third-order valence-corrected chi connectivity index (χ3v) is 2.83. The van der Waals surface area contributed by atoms with Gasteiger partial charge in [-0.3, -0.25) is 0 Å². The van der Waals surface area contributed by atoms with Gasteiger partial charge in [-0.15, -0.1) is 0 Å². The molecule has 0 unspecified atom stereocenters. The lowest BCUT2D eigenvalue weighted by Gasteiger charge is -2.09. The SMILES string of the molecule is CCOc1cccc(CNCCOc2ccccc2)c1. The summed E-state index contributed by atoms with van der Waals surface area (Å²) in [4.78, 5) is 0. The average Bonchev–Trinajstić information content (AvgIpc) is 2.49. The fourth-order valence-electron chi connectivity index (χ4n) is 1.90. The summed E-state index contributed by atoms with van der Waals surface area (Å²) < 4.78 is 11.1. The molecule has 0 aliphatic carbocycles. The number of nitrogens with one attached hydrogen (secondary N) is 1. The van der Waals surface area contributed by atoms with Crippen molar-refractivity contribution in [1.82, 2.24) is 5.32 Å². The molecule has 0 aliphatic rings. The van der Waals surface area contributed by atoms with E-state index in [0.29, 0.717) is 13.2 Å². The number of hydrogen-bond acceptors (Lipinski definition) is 3. The molecule has 0 spiro atoms. The third kappa shape index (κ3) is 4.94. The van der Waals surface area contributed by atoms with Gasteiger partial charge >= 0.3 is 0 Å². The fourth-order valence-corrected chi connectivity index (χ4v) is 1.90. The van der Waals surface area contributed by atoms with Crippen LogP contribution in [0.2, 0.25) is 0 Å². The molecule has 0 saturated heterocycles. The van der Waals surface area contributed by atoms with Crippen LogP contribution in [0.15, 0.2) is 54.6 Å². The Kier molecular flexibility index (Phi) is 5.93. The Morgan fingerprint density at radius 2 is 1.70 bits per heavy atom. The molecule has 1 N–H and O–H groups in total. The van der Waals surface area contributed by atoms with Crippen LogP contribution in [-0.2, 0) is 6.54 Å². The maximum atomic E-state index is 5.62. The van der Waals surface area contributed by atoms with E-state index in [1.807, 2.05) is 49.4 Å². The lowest BCUT2D eigenvalue weighted by Crippen LogP contribution is -2.20. The molecule has 0 aromatic heterocycles. The van der Waals surface area contributed by atoms with Gasteiger partial charge in [-0.05, 0) is 36.8 Å². The van der Waals surface area contributed by atoms with Crippen LogP contribution in [0.25, 0.3) is 0 Å². The molecule has 0 bridgehead atoms. The van der Waals surface area contributed by atoms with Crippen LogP contribution in [0.4, 0.5) is 0 Å². The van der Waals surface area contributed by atoms with E-state index in [-0.39, 0.29) is 0 Å². The molecule has 2 aromatic rings. The summed E-state index contributed by atoms with van der Waals surface area (Å²) in [5.41, 5.74) is 1.22. The van der Waals surface area contributed by atoms with E-state index in [2.05, 4.69) is 17.4 Å². The summed E-state index contributed by atoms with van der Waals surface area (Å²) in [5.74, 6) is 1.83. The molecule has 2 aromatic carbocycles. The van der Waals surface area contributed by atoms with E-state index in [0.717, 1.165) is 24.6 Å². The molecule has 0 radical (unpaired) electrons. The topological polar surface area (TPSA) is 30.5 Å². The Bertz CT molecular complexity index is 499. The van der Waals surface area contributed by atoms with Crippen molar-refractivity contribution in [2.75, 3.05) is 19.8 Å². The van der Waals surface area contributed by atoms with Gasteiger partial charge in [0.2, 0.25) is 0 Å². The van der Waals surface area contributed by atoms with Crippen molar-refractivity contribution in [3.8, 4) is 11.5 Å². The van der Waals surface area contributed by atoms with E-state index >= 15 is 0 Å². The lowest BCUT2D eigenvalue weighted by molar-refractivity contribution is 0.313. The van der Waals surface area contributed by atoms with Gasteiger partial charge in [0.05, 0.1) is 6.61 Å². The first kappa shape index (κ1) is 14.4. The highest BCUT2D eigenvalue weighted by atomic mass is 16.5. The van der Waals surface area contributed by atoms with Crippen molar-refractivity contribution < 1.29 is 9.47 Å². The van der Waals surface area contributed by atoms with Crippen molar-refractivity contribution in [3.63, 3.8) is 0 Å². The highest BCUT2D eigenvalue weighted by molar-refractivity contribution is 5.28. The second-order valence-electron chi connectivity index (χ2n) is 4.42. The smallest absolute Gasteiger partial charge is 0.119 e. The number of hydrogen-bond donors (Lipinski definition) is 1. The van der Waals surface area contributed by atoms with Gasteiger partial charge in [-0.25, -0.2) is 0 Å². The Balaban J connectivity index is 1.67. The van der Waals surface area contributed by atoms with E-state index in [1.165, 1.54) is 5.56 Å². The standard InChI is InChI=1S/C17H21NO2/c1-2-19-17-10-6-7-15(13-17)14-18-11-12-20-16-8-4-3-5-9-16/h3-10,13,18H,2,11-12,14H2,1H3. The van der Waals surface area contributed by atoms with Gasteiger partial charge in [0.15, 0.2) is 0 Å². The van der Waals surface area contributed by atoms with Crippen LogP contribution in [0.3, 0.4) is 0 Å². The van der Waals surface area contributed by atoms with Crippen LogP contribution >= 0.6 is 0 Å².